The highest BCUT2D eigenvalue weighted by Crippen LogP contribution is 2.16. The van der Waals surface area contributed by atoms with Crippen molar-refractivity contribution >= 4 is 29.9 Å². The van der Waals surface area contributed by atoms with Gasteiger partial charge in [0.15, 0.2) is 5.96 Å². The Morgan fingerprint density at radius 1 is 1.22 bits per heavy atom. The summed E-state index contributed by atoms with van der Waals surface area (Å²) in [6.07, 6.45) is 1.87. The second kappa shape index (κ2) is 13.5. The molecule has 0 amide bonds. The van der Waals surface area contributed by atoms with Gasteiger partial charge in [0.2, 0.25) is 0 Å². The van der Waals surface area contributed by atoms with Gasteiger partial charge in [0.05, 0.1) is 44.8 Å². The fraction of sp³-hybridized carbons (Fsp3) is 0.474. The van der Waals surface area contributed by atoms with Gasteiger partial charge in [0.25, 0.3) is 0 Å². The van der Waals surface area contributed by atoms with Gasteiger partial charge in [-0.1, -0.05) is 30.3 Å². The van der Waals surface area contributed by atoms with Crippen LogP contribution in [0, 0.1) is 0 Å². The predicted molar refractivity (Wildman–Crippen MR) is 120 cm³/mol. The SMILES string of the molecule is CCNC(=NCCOCCOC)N(C)Cc1ncc(-c2ccccc2)[nH]1.I. The van der Waals surface area contributed by atoms with E-state index >= 15 is 0 Å². The van der Waals surface area contributed by atoms with Crippen LogP contribution in [0.3, 0.4) is 0 Å². The summed E-state index contributed by atoms with van der Waals surface area (Å²) < 4.78 is 10.4. The van der Waals surface area contributed by atoms with Crippen molar-refractivity contribution in [3.05, 3.63) is 42.4 Å². The lowest BCUT2D eigenvalue weighted by molar-refractivity contribution is 0.0747. The molecule has 0 radical (unpaired) electrons. The average molecular weight is 487 g/mol. The maximum absolute atomic E-state index is 5.46. The maximum atomic E-state index is 5.46. The van der Waals surface area contributed by atoms with Crippen molar-refractivity contribution in [2.24, 2.45) is 4.99 Å². The van der Waals surface area contributed by atoms with Gasteiger partial charge in [-0.3, -0.25) is 4.99 Å². The molecule has 0 unspecified atom stereocenters. The van der Waals surface area contributed by atoms with E-state index in [1.165, 1.54) is 0 Å². The number of halogens is 1. The number of guanidine groups is 1. The Hall–Kier alpha value is -1.65. The third-order valence-corrected chi connectivity index (χ3v) is 3.73. The molecule has 27 heavy (non-hydrogen) atoms. The molecule has 2 N–H and O–H groups in total. The van der Waals surface area contributed by atoms with Crippen LogP contribution in [-0.2, 0) is 16.0 Å². The molecule has 1 aromatic heterocycles. The van der Waals surface area contributed by atoms with E-state index in [1.807, 2.05) is 36.3 Å². The normalized spacial score (nSPS) is 11.1. The zero-order valence-electron chi connectivity index (χ0n) is 16.3. The number of hydrogen-bond donors (Lipinski definition) is 2. The van der Waals surface area contributed by atoms with E-state index in [9.17, 15) is 0 Å². The van der Waals surface area contributed by atoms with Gasteiger partial charge in [-0.2, -0.15) is 0 Å². The number of imidazole rings is 1. The Kier molecular flexibility index (Phi) is 11.7. The van der Waals surface area contributed by atoms with Gasteiger partial charge in [-0.15, -0.1) is 24.0 Å². The topological polar surface area (TPSA) is 74.8 Å². The Morgan fingerprint density at radius 3 is 2.70 bits per heavy atom. The van der Waals surface area contributed by atoms with Crippen molar-refractivity contribution in [2.45, 2.75) is 13.5 Å². The predicted octanol–water partition coefficient (Wildman–Crippen LogP) is 2.76. The molecule has 2 aromatic rings. The molecule has 150 valence electrons. The lowest BCUT2D eigenvalue weighted by Crippen LogP contribution is -2.39. The van der Waals surface area contributed by atoms with Crippen molar-refractivity contribution in [1.82, 2.24) is 20.2 Å². The number of nitrogens with one attached hydrogen (secondary N) is 2. The van der Waals surface area contributed by atoms with Crippen molar-refractivity contribution in [3.8, 4) is 11.3 Å². The van der Waals surface area contributed by atoms with Crippen molar-refractivity contribution in [3.63, 3.8) is 0 Å². The van der Waals surface area contributed by atoms with Gasteiger partial charge in [-0.05, 0) is 12.5 Å². The molecule has 7 nitrogen and oxygen atoms in total. The molecule has 0 saturated heterocycles. The Morgan fingerprint density at radius 2 is 2.00 bits per heavy atom. The van der Waals surface area contributed by atoms with Gasteiger partial charge in [0.1, 0.15) is 5.82 Å². The quantitative estimate of drug-likeness (QED) is 0.233. The minimum Gasteiger partial charge on any atom is -0.382 e. The molecule has 0 aliphatic rings. The average Bonchev–Trinajstić information content (AvgIpc) is 3.13. The fourth-order valence-corrected chi connectivity index (χ4v) is 2.44. The lowest BCUT2D eigenvalue weighted by atomic mass is 10.2. The van der Waals surface area contributed by atoms with Crippen molar-refractivity contribution < 1.29 is 9.47 Å². The Labute approximate surface area is 178 Å². The van der Waals surface area contributed by atoms with Crippen LogP contribution in [0.4, 0.5) is 0 Å². The summed E-state index contributed by atoms with van der Waals surface area (Å²) in [4.78, 5) is 14.5. The van der Waals surface area contributed by atoms with Crippen LogP contribution < -0.4 is 5.32 Å². The molecule has 2 rings (SSSR count). The second-order valence-electron chi connectivity index (χ2n) is 5.81. The molecular formula is C19H30IN5O2. The number of aromatic amines is 1. The first-order valence-electron chi connectivity index (χ1n) is 8.90. The van der Waals surface area contributed by atoms with Gasteiger partial charge >= 0.3 is 0 Å². The monoisotopic (exact) mass is 487 g/mol. The molecule has 0 saturated carbocycles. The second-order valence-corrected chi connectivity index (χ2v) is 5.81. The van der Waals surface area contributed by atoms with Crippen LogP contribution >= 0.6 is 24.0 Å². The molecule has 0 aliphatic carbocycles. The Bertz CT molecular complexity index is 663. The zero-order valence-corrected chi connectivity index (χ0v) is 18.6. The maximum Gasteiger partial charge on any atom is 0.194 e. The van der Waals surface area contributed by atoms with E-state index in [-0.39, 0.29) is 24.0 Å². The molecule has 0 bridgehead atoms. The highest BCUT2D eigenvalue weighted by Gasteiger charge is 2.09. The number of benzene rings is 1. The number of rotatable bonds is 10. The van der Waals surface area contributed by atoms with E-state index < -0.39 is 0 Å². The highest BCUT2D eigenvalue weighted by molar-refractivity contribution is 14.0. The van der Waals surface area contributed by atoms with Crippen LogP contribution in [0.5, 0.6) is 0 Å². The molecule has 0 fully saturated rings. The highest BCUT2D eigenvalue weighted by atomic mass is 127. The van der Waals surface area contributed by atoms with Crippen molar-refractivity contribution in [2.75, 3.05) is 47.1 Å². The Balaban J connectivity index is 0.00000364. The van der Waals surface area contributed by atoms with E-state index in [1.54, 1.807) is 7.11 Å². The van der Waals surface area contributed by atoms with Gasteiger partial charge < -0.3 is 24.7 Å². The number of hydrogen-bond acceptors (Lipinski definition) is 4. The zero-order chi connectivity index (χ0) is 18.6. The summed E-state index contributed by atoms with van der Waals surface area (Å²) in [5, 5.41) is 3.30. The van der Waals surface area contributed by atoms with Crippen LogP contribution in [0.25, 0.3) is 11.3 Å². The lowest BCUT2D eigenvalue weighted by Gasteiger charge is -2.21. The standard InChI is InChI=1S/C19H29N5O2.HI/c1-4-20-19(21-10-11-26-13-12-25-3)24(2)15-18-22-14-17(23-18)16-8-6-5-7-9-16;/h5-9,14H,4,10-13,15H2,1-3H3,(H,20,21)(H,22,23);1H. The summed E-state index contributed by atoms with van der Waals surface area (Å²) in [7, 11) is 3.66. The minimum absolute atomic E-state index is 0. The molecular weight excluding hydrogens is 457 g/mol. The number of aliphatic imine (C=N–C) groups is 1. The molecule has 0 aliphatic heterocycles. The van der Waals surface area contributed by atoms with Gasteiger partial charge in [-0.25, -0.2) is 4.98 Å². The first-order chi connectivity index (χ1) is 12.7. The number of ether oxygens (including phenoxy) is 2. The van der Waals surface area contributed by atoms with Crippen LogP contribution in [0.2, 0.25) is 0 Å². The van der Waals surface area contributed by atoms with Crippen LogP contribution in [0.1, 0.15) is 12.7 Å². The van der Waals surface area contributed by atoms with E-state index in [0.717, 1.165) is 29.6 Å². The van der Waals surface area contributed by atoms with E-state index in [4.69, 9.17) is 9.47 Å². The number of nitrogens with zero attached hydrogens (tertiary/aromatic N) is 3. The summed E-state index contributed by atoms with van der Waals surface area (Å²) in [5.74, 6) is 1.73. The first kappa shape index (κ1) is 23.4. The van der Waals surface area contributed by atoms with Gasteiger partial charge in [0, 0.05) is 20.7 Å². The molecule has 1 heterocycles. The van der Waals surface area contributed by atoms with Crippen molar-refractivity contribution in [1.29, 1.82) is 0 Å². The molecule has 0 spiro atoms. The first-order valence-corrected chi connectivity index (χ1v) is 8.90. The molecule has 0 atom stereocenters. The smallest absolute Gasteiger partial charge is 0.194 e. The van der Waals surface area contributed by atoms with E-state index in [0.29, 0.717) is 32.9 Å². The third-order valence-electron chi connectivity index (χ3n) is 3.73. The summed E-state index contributed by atoms with van der Waals surface area (Å²) in [6.45, 7) is 5.87. The van der Waals surface area contributed by atoms with Crippen LogP contribution in [-0.4, -0.2) is 67.9 Å². The third kappa shape index (κ3) is 8.27. The number of H-pyrrole nitrogens is 1. The number of methoxy groups -OCH3 is 1. The largest absolute Gasteiger partial charge is 0.382 e. The summed E-state index contributed by atoms with van der Waals surface area (Å²) in [5.41, 5.74) is 2.14. The number of aromatic nitrogens is 2. The minimum atomic E-state index is 0. The summed E-state index contributed by atoms with van der Waals surface area (Å²) >= 11 is 0. The molecule has 1 aromatic carbocycles. The summed E-state index contributed by atoms with van der Waals surface area (Å²) in [6, 6.07) is 10.2. The molecule has 8 heteroatoms. The van der Waals surface area contributed by atoms with E-state index in [2.05, 4.69) is 39.3 Å². The van der Waals surface area contributed by atoms with Crippen LogP contribution in [0.15, 0.2) is 41.5 Å². The fourth-order valence-electron chi connectivity index (χ4n) is 2.44.